The molecule has 0 atom stereocenters. The summed E-state index contributed by atoms with van der Waals surface area (Å²) in [5.74, 6) is 0.671. The van der Waals surface area contributed by atoms with Crippen LogP contribution in [-0.4, -0.2) is 53.9 Å². The molecule has 0 radical (unpaired) electrons. The molecule has 1 aliphatic rings. The highest BCUT2D eigenvalue weighted by molar-refractivity contribution is 5.92. The van der Waals surface area contributed by atoms with Crippen LogP contribution in [-0.2, 0) is 6.54 Å². The van der Waals surface area contributed by atoms with Crippen molar-refractivity contribution in [1.82, 2.24) is 14.7 Å². The number of carbonyl (C=O) groups is 1. The van der Waals surface area contributed by atoms with Crippen molar-refractivity contribution in [3.63, 3.8) is 0 Å². The number of rotatable bonds is 5. The van der Waals surface area contributed by atoms with Crippen LogP contribution in [0.4, 0.5) is 5.69 Å². The number of benzene rings is 2. The zero-order valence-corrected chi connectivity index (χ0v) is 17.8. The molecule has 0 saturated carbocycles. The number of carbonyl (C=O) groups excluding carboxylic acids is 1. The Bertz CT molecular complexity index is 1120. The summed E-state index contributed by atoms with van der Waals surface area (Å²) in [5, 5.41) is 4.35. The van der Waals surface area contributed by atoms with E-state index in [0.717, 1.165) is 22.6 Å². The Morgan fingerprint density at radius 1 is 0.968 bits per heavy atom. The molecule has 1 saturated heterocycles. The van der Waals surface area contributed by atoms with E-state index in [1.54, 1.807) is 12.0 Å². The predicted octanol–water partition coefficient (Wildman–Crippen LogP) is 2.57. The molecule has 7 nitrogen and oxygen atoms in total. The van der Waals surface area contributed by atoms with Gasteiger partial charge in [0.05, 0.1) is 19.3 Å². The Morgan fingerprint density at radius 2 is 1.68 bits per heavy atom. The molecule has 7 heteroatoms. The minimum absolute atomic E-state index is 0.155. The van der Waals surface area contributed by atoms with Gasteiger partial charge in [-0.3, -0.25) is 9.59 Å². The number of aryl methyl sites for hydroxylation is 1. The minimum atomic E-state index is -0.224. The molecule has 0 aliphatic carbocycles. The minimum Gasteiger partial charge on any atom is -0.495 e. The van der Waals surface area contributed by atoms with E-state index in [-0.39, 0.29) is 17.2 Å². The van der Waals surface area contributed by atoms with Gasteiger partial charge in [-0.1, -0.05) is 42.0 Å². The summed E-state index contributed by atoms with van der Waals surface area (Å²) in [6, 6.07) is 18.8. The molecule has 0 N–H and O–H groups in total. The van der Waals surface area contributed by atoms with Crippen LogP contribution in [0.25, 0.3) is 0 Å². The zero-order valence-electron chi connectivity index (χ0n) is 17.8. The van der Waals surface area contributed by atoms with E-state index in [2.05, 4.69) is 10.00 Å². The molecule has 1 fully saturated rings. The summed E-state index contributed by atoms with van der Waals surface area (Å²) >= 11 is 0. The second-order valence-electron chi connectivity index (χ2n) is 7.65. The first-order chi connectivity index (χ1) is 15.0. The third kappa shape index (κ3) is 4.60. The van der Waals surface area contributed by atoms with Crippen LogP contribution in [0.1, 0.15) is 21.6 Å². The summed E-state index contributed by atoms with van der Waals surface area (Å²) < 4.78 is 6.81. The fraction of sp³-hybridized carbons (Fsp3) is 0.292. The van der Waals surface area contributed by atoms with Gasteiger partial charge < -0.3 is 14.5 Å². The van der Waals surface area contributed by atoms with Gasteiger partial charge >= 0.3 is 0 Å². The van der Waals surface area contributed by atoms with Crippen LogP contribution < -0.4 is 15.2 Å². The maximum absolute atomic E-state index is 13.0. The van der Waals surface area contributed by atoms with Crippen molar-refractivity contribution in [3.05, 3.63) is 87.8 Å². The summed E-state index contributed by atoms with van der Waals surface area (Å²) in [5.41, 5.74) is 3.22. The number of methoxy groups -OCH3 is 1. The molecule has 4 rings (SSSR count). The van der Waals surface area contributed by atoms with E-state index in [1.807, 2.05) is 55.5 Å². The SMILES string of the molecule is COc1ccccc1N1CCN(C(=O)c2ccc(=O)n(Cc3ccc(C)cc3)n2)CC1. The fourth-order valence-electron chi connectivity index (χ4n) is 3.75. The quantitative estimate of drug-likeness (QED) is 0.637. The van der Waals surface area contributed by atoms with Crippen molar-refractivity contribution >= 4 is 11.6 Å². The van der Waals surface area contributed by atoms with Crippen LogP contribution in [0.15, 0.2) is 65.5 Å². The summed E-state index contributed by atoms with van der Waals surface area (Å²) in [7, 11) is 1.66. The summed E-state index contributed by atoms with van der Waals surface area (Å²) in [6.07, 6.45) is 0. The molecule has 0 bridgehead atoms. The first-order valence-corrected chi connectivity index (χ1v) is 10.4. The largest absolute Gasteiger partial charge is 0.495 e. The van der Waals surface area contributed by atoms with E-state index < -0.39 is 0 Å². The van der Waals surface area contributed by atoms with Gasteiger partial charge in [0.25, 0.3) is 11.5 Å². The second-order valence-corrected chi connectivity index (χ2v) is 7.65. The van der Waals surface area contributed by atoms with Crippen LogP contribution in [0.2, 0.25) is 0 Å². The van der Waals surface area contributed by atoms with Crippen molar-refractivity contribution in [1.29, 1.82) is 0 Å². The molecule has 31 heavy (non-hydrogen) atoms. The molecule has 0 spiro atoms. The van der Waals surface area contributed by atoms with Crippen LogP contribution >= 0.6 is 0 Å². The van der Waals surface area contributed by atoms with Gasteiger partial charge in [0.15, 0.2) is 0 Å². The van der Waals surface area contributed by atoms with Gasteiger partial charge in [0, 0.05) is 32.2 Å². The first kappa shape index (κ1) is 20.7. The van der Waals surface area contributed by atoms with Crippen molar-refractivity contribution in [2.45, 2.75) is 13.5 Å². The highest BCUT2D eigenvalue weighted by Crippen LogP contribution is 2.28. The van der Waals surface area contributed by atoms with Crippen LogP contribution in [0, 0.1) is 6.92 Å². The lowest BCUT2D eigenvalue weighted by molar-refractivity contribution is 0.0738. The molecular formula is C24H26N4O3. The average Bonchev–Trinajstić information content (AvgIpc) is 2.81. The maximum atomic E-state index is 13.0. The normalized spacial score (nSPS) is 13.9. The van der Waals surface area contributed by atoms with E-state index in [9.17, 15) is 9.59 Å². The number of anilines is 1. The lowest BCUT2D eigenvalue weighted by atomic mass is 10.1. The summed E-state index contributed by atoms with van der Waals surface area (Å²) in [4.78, 5) is 29.3. The molecular weight excluding hydrogens is 392 g/mol. The van der Waals surface area contributed by atoms with Crippen LogP contribution in [0.3, 0.4) is 0 Å². The predicted molar refractivity (Wildman–Crippen MR) is 120 cm³/mol. The zero-order chi connectivity index (χ0) is 21.8. The second kappa shape index (κ2) is 9.04. The van der Waals surface area contributed by atoms with E-state index in [4.69, 9.17) is 4.74 Å². The number of piperazine rings is 1. The molecule has 0 unspecified atom stereocenters. The number of nitrogens with zero attached hydrogens (tertiary/aromatic N) is 4. The molecule has 1 amide bonds. The Hall–Kier alpha value is -3.61. The molecule has 1 aromatic heterocycles. The van der Waals surface area contributed by atoms with Gasteiger partial charge in [0.2, 0.25) is 0 Å². The van der Waals surface area contributed by atoms with Gasteiger partial charge in [0.1, 0.15) is 11.4 Å². The van der Waals surface area contributed by atoms with E-state index >= 15 is 0 Å². The smallest absolute Gasteiger partial charge is 0.274 e. The Kier molecular flexibility index (Phi) is 6.02. The highest BCUT2D eigenvalue weighted by atomic mass is 16.5. The lowest BCUT2D eigenvalue weighted by Gasteiger charge is -2.36. The lowest BCUT2D eigenvalue weighted by Crippen LogP contribution is -2.49. The molecule has 160 valence electrons. The molecule has 2 heterocycles. The fourth-order valence-corrected chi connectivity index (χ4v) is 3.75. The molecule has 3 aromatic rings. The standard InChI is InChI=1S/C24H26N4O3/c1-18-7-9-19(10-8-18)17-28-23(29)12-11-20(25-28)24(30)27-15-13-26(14-16-27)21-5-3-4-6-22(21)31-2/h3-12H,13-17H2,1-2H3. The van der Waals surface area contributed by atoms with Gasteiger partial charge in [-0.2, -0.15) is 5.10 Å². The number of hydrogen-bond acceptors (Lipinski definition) is 5. The topological polar surface area (TPSA) is 67.7 Å². The Balaban J connectivity index is 1.45. The van der Waals surface area contributed by atoms with E-state index in [1.165, 1.54) is 16.8 Å². The number of para-hydroxylation sites is 2. The number of hydrogen-bond donors (Lipinski definition) is 0. The average molecular weight is 418 g/mol. The third-order valence-corrected chi connectivity index (χ3v) is 5.53. The summed E-state index contributed by atoms with van der Waals surface area (Å²) in [6.45, 7) is 4.92. The van der Waals surface area contributed by atoms with Crippen molar-refractivity contribution in [2.75, 3.05) is 38.2 Å². The Morgan fingerprint density at radius 3 is 2.39 bits per heavy atom. The van der Waals surface area contributed by atoms with Gasteiger partial charge in [-0.15, -0.1) is 0 Å². The number of ether oxygens (including phenoxy) is 1. The van der Waals surface area contributed by atoms with Crippen LogP contribution in [0.5, 0.6) is 5.75 Å². The van der Waals surface area contributed by atoms with Crippen molar-refractivity contribution in [2.24, 2.45) is 0 Å². The Labute approximate surface area is 181 Å². The van der Waals surface area contributed by atoms with Gasteiger partial charge in [-0.25, -0.2) is 4.68 Å². The van der Waals surface area contributed by atoms with Gasteiger partial charge in [-0.05, 0) is 30.7 Å². The molecule has 1 aliphatic heterocycles. The first-order valence-electron chi connectivity index (χ1n) is 10.4. The van der Waals surface area contributed by atoms with Crippen molar-refractivity contribution < 1.29 is 9.53 Å². The highest BCUT2D eigenvalue weighted by Gasteiger charge is 2.25. The third-order valence-electron chi connectivity index (χ3n) is 5.53. The number of aromatic nitrogens is 2. The maximum Gasteiger partial charge on any atom is 0.274 e. The monoisotopic (exact) mass is 418 g/mol. The van der Waals surface area contributed by atoms with Crippen molar-refractivity contribution in [3.8, 4) is 5.75 Å². The molecule has 2 aromatic carbocycles. The van der Waals surface area contributed by atoms with E-state index in [0.29, 0.717) is 32.7 Å². The number of amides is 1.